The monoisotopic (exact) mass is 420 g/mol. The Morgan fingerprint density at radius 2 is 1.78 bits per heavy atom. The lowest BCUT2D eigenvalue weighted by atomic mass is 10.0. The number of para-hydroxylation sites is 1. The summed E-state index contributed by atoms with van der Waals surface area (Å²) in [5.41, 5.74) is 5.83. The van der Waals surface area contributed by atoms with Crippen molar-refractivity contribution in [1.82, 2.24) is 9.97 Å². The maximum atomic E-state index is 13.6. The molecule has 0 aliphatic carbocycles. The molecule has 1 amide bonds. The van der Waals surface area contributed by atoms with Crippen LogP contribution in [0.2, 0.25) is 0 Å². The van der Waals surface area contributed by atoms with E-state index in [1.165, 1.54) is 5.56 Å². The van der Waals surface area contributed by atoms with Crippen LogP contribution in [0.3, 0.4) is 0 Å². The Balaban J connectivity index is 1.52. The third-order valence-corrected chi connectivity index (χ3v) is 5.81. The summed E-state index contributed by atoms with van der Waals surface area (Å²) >= 11 is 0. The molecule has 1 unspecified atom stereocenters. The second-order valence-corrected chi connectivity index (χ2v) is 7.98. The Kier molecular flexibility index (Phi) is 5.38. The van der Waals surface area contributed by atoms with Crippen molar-refractivity contribution in [3.63, 3.8) is 0 Å². The van der Waals surface area contributed by atoms with E-state index in [9.17, 15) is 4.79 Å². The molecule has 2 aromatic heterocycles. The van der Waals surface area contributed by atoms with Crippen molar-refractivity contribution in [3.05, 3.63) is 119 Å². The van der Waals surface area contributed by atoms with Crippen molar-refractivity contribution < 1.29 is 4.79 Å². The van der Waals surface area contributed by atoms with E-state index in [1.807, 2.05) is 59.5 Å². The van der Waals surface area contributed by atoms with Gasteiger partial charge < -0.3 is 10.2 Å². The third-order valence-electron chi connectivity index (χ3n) is 5.81. The summed E-state index contributed by atoms with van der Waals surface area (Å²) in [7, 11) is 0. The average Bonchev–Trinajstić information content (AvgIpc) is 3.27. The fourth-order valence-electron chi connectivity index (χ4n) is 4.25. The van der Waals surface area contributed by atoms with Crippen LogP contribution >= 0.6 is 0 Å². The van der Waals surface area contributed by atoms with E-state index in [4.69, 9.17) is 0 Å². The molecule has 1 atom stereocenters. The molecule has 5 nitrogen and oxygen atoms in total. The predicted octanol–water partition coefficient (Wildman–Crippen LogP) is 5.19. The van der Waals surface area contributed by atoms with E-state index in [0.717, 1.165) is 28.9 Å². The number of hydrogen-bond acceptors (Lipinski definition) is 4. The van der Waals surface area contributed by atoms with Crippen molar-refractivity contribution in [2.24, 2.45) is 0 Å². The van der Waals surface area contributed by atoms with Crippen LogP contribution in [0.25, 0.3) is 0 Å². The first kappa shape index (κ1) is 19.9. The number of hydrogen-bond donors (Lipinski definition) is 1. The molecule has 5 heteroatoms. The van der Waals surface area contributed by atoms with Gasteiger partial charge in [0.1, 0.15) is 5.82 Å². The number of rotatable bonds is 5. The van der Waals surface area contributed by atoms with Gasteiger partial charge in [0.2, 0.25) is 0 Å². The summed E-state index contributed by atoms with van der Waals surface area (Å²) in [6.07, 6.45) is 4.36. The Bertz CT molecular complexity index is 1260. The quantitative estimate of drug-likeness (QED) is 0.483. The third kappa shape index (κ3) is 3.85. The predicted molar refractivity (Wildman–Crippen MR) is 127 cm³/mol. The minimum absolute atomic E-state index is 0.0467. The van der Waals surface area contributed by atoms with Gasteiger partial charge in [-0.1, -0.05) is 54.1 Å². The Hall–Kier alpha value is -3.99. The van der Waals surface area contributed by atoms with E-state index >= 15 is 0 Å². The van der Waals surface area contributed by atoms with E-state index in [1.54, 1.807) is 12.4 Å². The van der Waals surface area contributed by atoms with Gasteiger partial charge in [0.05, 0.1) is 17.3 Å². The van der Waals surface area contributed by atoms with Gasteiger partial charge in [0, 0.05) is 24.6 Å². The minimum atomic E-state index is -0.233. The number of amides is 1. The van der Waals surface area contributed by atoms with E-state index < -0.39 is 0 Å². The van der Waals surface area contributed by atoms with Crippen molar-refractivity contribution in [3.8, 4) is 0 Å². The first-order valence-corrected chi connectivity index (χ1v) is 10.8. The molecule has 1 aliphatic heterocycles. The zero-order valence-corrected chi connectivity index (χ0v) is 17.9. The van der Waals surface area contributed by atoms with Crippen molar-refractivity contribution >= 4 is 17.4 Å². The first-order valence-electron chi connectivity index (χ1n) is 10.8. The molecule has 2 aromatic carbocycles. The number of pyridine rings is 2. The smallest absolute Gasteiger partial charge is 0.262 e. The molecule has 1 N–H and O–H groups in total. The van der Waals surface area contributed by atoms with Crippen LogP contribution in [0, 0.1) is 6.92 Å². The van der Waals surface area contributed by atoms with Gasteiger partial charge in [-0.15, -0.1) is 0 Å². The Morgan fingerprint density at radius 3 is 2.62 bits per heavy atom. The summed E-state index contributed by atoms with van der Waals surface area (Å²) in [5.74, 6) is 0.508. The van der Waals surface area contributed by atoms with Gasteiger partial charge in [-0.2, -0.15) is 0 Å². The van der Waals surface area contributed by atoms with Crippen molar-refractivity contribution in [2.75, 3.05) is 16.8 Å². The molecule has 0 bridgehead atoms. The number of carbonyl (C=O) groups is 1. The number of nitrogens with one attached hydrogen (secondary N) is 1. The molecule has 5 rings (SSSR count). The minimum Gasteiger partial charge on any atom is -0.357 e. The summed E-state index contributed by atoms with van der Waals surface area (Å²) in [6.45, 7) is 2.74. The number of nitrogens with zero attached hydrogens (tertiary/aromatic N) is 3. The van der Waals surface area contributed by atoms with Crippen LogP contribution in [0.5, 0.6) is 0 Å². The van der Waals surface area contributed by atoms with Crippen molar-refractivity contribution in [1.29, 1.82) is 0 Å². The second-order valence-electron chi connectivity index (χ2n) is 7.98. The highest BCUT2D eigenvalue weighted by Gasteiger charge is 2.28. The highest BCUT2D eigenvalue weighted by molar-refractivity contribution is 6.10. The highest BCUT2D eigenvalue weighted by Crippen LogP contribution is 2.31. The summed E-state index contributed by atoms with van der Waals surface area (Å²) in [6, 6.07) is 25.7. The molecule has 1 aliphatic rings. The second kappa shape index (κ2) is 8.63. The number of carbonyl (C=O) groups excluding carboxylic acids is 1. The van der Waals surface area contributed by atoms with Gasteiger partial charge in [-0.3, -0.25) is 9.78 Å². The molecule has 3 heterocycles. The number of aromatic nitrogens is 2. The SMILES string of the molecule is Cc1cccc(C(Nc2ncccc2C(=O)N2CCc3ccccc32)c2ccccn2)c1. The van der Waals surface area contributed by atoms with Gasteiger partial charge in [0.15, 0.2) is 0 Å². The molecule has 0 spiro atoms. The maximum absolute atomic E-state index is 13.6. The molecule has 0 saturated carbocycles. The molecule has 158 valence electrons. The fraction of sp³-hybridized carbons (Fsp3) is 0.148. The summed E-state index contributed by atoms with van der Waals surface area (Å²) in [4.78, 5) is 24.5. The number of benzene rings is 2. The first-order chi connectivity index (χ1) is 15.7. The fourth-order valence-corrected chi connectivity index (χ4v) is 4.25. The molecule has 32 heavy (non-hydrogen) atoms. The van der Waals surface area contributed by atoms with Gasteiger partial charge in [-0.25, -0.2) is 4.98 Å². The van der Waals surface area contributed by atoms with Crippen LogP contribution in [-0.2, 0) is 6.42 Å². The Morgan fingerprint density at radius 1 is 0.938 bits per heavy atom. The number of fused-ring (bicyclic) bond motifs is 1. The number of anilines is 2. The van der Waals surface area contributed by atoms with Gasteiger partial charge in [-0.05, 0) is 54.8 Å². The maximum Gasteiger partial charge on any atom is 0.262 e. The van der Waals surface area contributed by atoms with Crippen LogP contribution in [0.1, 0.15) is 38.8 Å². The van der Waals surface area contributed by atoms with Crippen LogP contribution < -0.4 is 10.2 Å². The summed E-state index contributed by atoms with van der Waals surface area (Å²) < 4.78 is 0. The van der Waals surface area contributed by atoms with E-state index in [0.29, 0.717) is 17.9 Å². The van der Waals surface area contributed by atoms with Crippen LogP contribution in [-0.4, -0.2) is 22.4 Å². The zero-order valence-electron chi connectivity index (χ0n) is 17.9. The van der Waals surface area contributed by atoms with E-state index in [2.05, 4.69) is 46.5 Å². The standard InChI is InChI=1S/C27H24N4O/c1-19-8-6-10-21(18-19)25(23-12-4-5-15-28-23)30-26-22(11-7-16-29-26)27(32)31-17-14-20-9-2-3-13-24(20)31/h2-13,15-16,18,25H,14,17H2,1H3,(H,29,30). The molecule has 0 saturated heterocycles. The highest BCUT2D eigenvalue weighted by atomic mass is 16.2. The average molecular weight is 421 g/mol. The van der Waals surface area contributed by atoms with Crippen molar-refractivity contribution in [2.45, 2.75) is 19.4 Å². The number of aryl methyl sites for hydroxylation is 1. The van der Waals surface area contributed by atoms with Crippen LogP contribution in [0.4, 0.5) is 11.5 Å². The molecule has 0 fully saturated rings. The molecule has 4 aromatic rings. The van der Waals surface area contributed by atoms with Gasteiger partial charge in [0.25, 0.3) is 5.91 Å². The molecular weight excluding hydrogens is 396 g/mol. The molecule has 0 radical (unpaired) electrons. The largest absolute Gasteiger partial charge is 0.357 e. The van der Waals surface area contributed by atoms with Crippen LogP contribution in [0.15, 0.2) is 91.3 Å². The van der Waals surface area contributed by atoms with E-state index in [-0.39, 0.29) is 11.9 Å². The normalized spacial score (nSPS) is 13.5. The lowest BCUT2D eigenvalue weighted by Crippen LogP contribution is -2.30. The summed E-state index contributed by atoms with van der Waals surface area (Å²) in [5, 5.41) is 3.51. The van der Waals surface area contributed by atoms with Gasteiger partial charge >= 0.3 is 0 Å². The molecular formula is C27H24N4O. The Labute approximate surface area is 187 Å². The topological polar surface area (TPSA) is 58.1 Å². The zero-order chi connectivity index (χ0) is 21.9. The lowest BCUT2D eigenvalue weighted by molar-refractivity contribution is 0.0990. The lowest BCUT2D eigenvalue weighted by Gasteiger charge is -2.23.